The molecule has 6 nitrogen and oxygen atoms in total. The van der Waals surface area contributed by atoms with Crippen molar-refractivity contribution in [1.29, 1.82) is 0 Å². The Balaban J connectivity index is 1.77. The highest BCUT2D eigenvalue weighted by molar-refractivity contribution is 6.31. The van der Waals surface area contributed by atoms with E-state index < -0.39 is 5.54 Å². The van der Waals surface area contributed by atoms with E-state index in [9.17, 15) is 4.39 Å². The first-order valence-electron chi connectivity index (χ1n) is 8.47. The van der Waals surface area contributed by atoms with Crippen molar-refractivity contribution < 1.29 is 9.13 Å². The molecule has 8 heteroatoms. The van der Waals surface area contributed by atoms with Crippen LogP contribution < -0.4 is 10.6 Å². The second kappa shape index (κ2) is 6.51. The summed E-state index contributed by atoms with van der Waals surface area (Å²) >= 11 is 6.04. The number of nitrogens with two attached hydrogens (primary N) is 1. The number of aromatic nitrogens is 2. The average molecular weight is 388 g/mol. The smallest absolute Gasteiger partial charge is 0.162 e. The molecule has 27 heavy (non-hydrogen) atoms. The lowest BCUT2D eigenvalue weighted by molar-refractivity contribution is 0.104. The molecule has 0 radical (unpaired) electrons. The molecule has 2 aromatic carbocycles. The van der Waals surface area contributed by atoms with Gasteiger partial charge in [0.2, 0.25) is 0 Å². The highest BCUT2D eigenvalue weighted by atomic mass is 35.5. The third-order valence-electron chi connectivity index (χ3n) is 4.76. The summed E-state index contributed by atoms with van der Waals surface area (Å²) in [6.07, 6.45) is 0. The van der Waals surface area contributed by atoms with E-state index in [2.05, 4.69) is 15.2 Å². The zero-order valence-electron chi connectivity index (χ0n) is 15.0. The number of benzene rings is 2. The summed E-state index contributed by atoms with van der Waals surface area (Å²) in [6.45, 7) is 2.34. The van der Waals surface area contributed by atoms with E-state index in [-0.39, 0.29) is 19.0 Å². The predicted octanol–water partition coefficient (Wildman–Crippen LogP) is 3.73. The minimum Gasteiger partial charge on any atom is -0.386 e. The average Bonchev–Trinajstić information content (AvgIpc) is 3.04. The molecule has 1 aliphatic rings. The van der Waals surface area contributed by atoms with Gasteiger partial charge in [-0.1, -0.05) is 11.6 Å². The Morgan fingerprint density at radius 3 is 2.89 bits per heavy atom. The van der Waals surface area contributed by atoms with E-state index in [0.717, 1.165) is 16.6 Å². The number of anilines is 2. The van der Waals surface area contributed by atoms with Gasteiger partial charge in [-0.2, -0.15) is 5.10 Å². The van der Waals surface area contributed by atoms with Crippen LogP contribution in [-0.4, -0.2) is 36.3 Å². The molecule has 0 bridgehead atoms. The van der Waals surface area contributed by atoms with Gasteiger partial charge in [0.1, 0.15) is 23.8 Å². The Morgan fingerprint density at radius 1 is 1.30 bits per heavy atom. The SMILES string of the molecule is CN(c1ccc(F)c([C@@]2(C)COCC(N)=N2)c1)c1n[nH]c2cc(Cl)ccc12. The fourth-order valence-corrected chi connectivity index (χ4v) is 3.54. The summed E-state index contributed by atoms with van der Waals surface area (Å²) in [4.78, 5) is 6.33. The van der Waals surface area contributed by atoms with Crippen LogP contribution in [0.15, 0.2) is 41.4 Å². The van der Waals surface area contributed by atoms with Gasteiger partial charge in [0.15, 0.2) is 5.82 Å². The number of H-pyrrole nitrogens is 1. The van der Waals surface area contributed by atoms with Gasteiger partial charge in [-0.15, -0.1) is 0 Å². The van der Waals surface area contributed by atoms with Crippen molar-refractivity contribution in [3.05, 3.63) is 52.8 Å². The van der Waals surface area contributed by atoms with Gasteiger partial charge in [-0.3, -0.25) is 10.1 Å². The summed E-state index contributed by atoms with van der Waals surface area (Å²) in [5, 5.41) is 8.91. The Bertz CT molecular complexity index is 1050. The Morgan fingerprint density at radius 2 is 2.11 bits per heavy atom. The predicted molar refractivity (Wildman–Crippen MR) is 105 cm³/mol. The third kappa shape index (κ3) is 3.13. The standard InChI is InChI=1S/C19H19ClFN5O/c1-19(10-27-9-17(22)23-19)14-8-12(4-6-15(14)21)26(2)18-13-5-3-11(20)7-16(13)24-25-18/h3-8H,9-10H2,1-2H3,(H2,22,23)(H,24,25)/t19-/m1/s1. The van der Waals surface area contributed by atoms with Gasteiger partial charge in [-0.25, -0.2) is 4.39 Å². The first kappa shape index (κ1) is 17.8. The first-order valence-corrected chi connectivity index (χ1v) is 8.84. The third-order valence-corrected chi connectivity index (χ3v) is 5.00. The molecule has 1 aliphatic heterocycles. The molecule has 2 heterocycles. The molecule has 140 valence electrons. The molecule has 0 saturated heterocycles. The number of hydrogen-bond acceptors (Lipinski definition) is 5. The molecule has 3 aromatic rings. The van der Waals surface area contributed by atoms with Crippen LogP contribution in [0.3, 0.4) is 0 Å². The second-order valence-corrected chi connectivity index (χ2v) is 7.27. The van der Waals surface area contributed by atoms with Gasteiger partial charge in [0.05, 0.1) is 12.1 Å². The molecule has 0 unspecified atom stereocenters. The van der Waals surface area contributed by atoms with E-state index in [1.54, 1.807) is 12.1 Å². The number of halogens is 2. The van der Waals surface area contributed by atoms with Crippen molar-refractivity contribution in [1.82, 2.24) is 10.2 Å². The van der Waals surface area contributed by atoms with Crippen molar-refractivity contribution in [3.8, 4) is 0 Å². The van der Waals surface area contributed by atoms with Gasteiger partial charge in [0, 0.05) is 28.7 Å². The topological polar surface area (TPSA) is 79.5 Å². The van der Waals surface area contributed by atoms with Gasteiger partial charge >= 0.3 is 0 Å². The second-order valence-electron chi connectivity index (χ2n) is 6.83. The van der Waals surface area contributed by atoms with Crippen LogP contribution >= 0.6 is 11.6 Å². The van der Waals surface area contributed by atoms with Crippen molar-refractivity contribution in [3.63, 3.8) is 0 Å². The van der Waals surface area contributed by atoms with E-state index in [4.69, 9.17) is 22.1 Å². The summed E-state index contributed by atoms with van der Waals surface area (Å²) in [6, 6.07) is 10.4. The zero-order chi connectivity index (χ0) is 19.2. The van der Waals surface area contributed by atoms with Gasteiger partial charge in [0.25, 0.3) is 0 Å². The molecular formula is C19H19ClFN5O. The monoisotopic (exact) mass is 387 g/mol. The normalized spacial score (nSPS) is 19.9. The van der Waals surface area contributed by atoms with E-state index in [0.29, 0.717) is 22.2 Å². The minimum atomic E-state index is -0.871. The van der Waals surface area contributed by atoms with Crippen molar-refractivity contribution >= 4 is 39.8 Å². The molecule has 1 aromatic heterocycles. The van der Waals surface area contributed by atoms with E-state index >= 15 is 0 Å². The fourth-order valence-electron chi connectivity index (χ4n) is 3.36. The lowest BCUT2D eigenvalue weighted by atomic mass is 9.91. The number of nitrogens with one attached hydrogen (secondary N) is 1. The summed E-state index contributed by atoms with van der Waals surface area (Å²) in [7, 11) is 1.87. The minimum absolute atomic E-state index is 0.263. The number of aliphatic imine (C=N–C) groups is 1. The molecule has 4 rings (SSSR count). The van der Waals surface area contributed by atoms with Crippen LogP contribution in [0.4, 0.5) is 15.9 Å². The maximum Gasteiger partial charge on any atom is 0.162 e. The van der Waals surface area contributed by atoms with Crippen LogP contribution in [0.1, 0.15) is 12.5 Å². The van der Waals surface area contributed by atoms with Gasteiger partial charge < -0.3 is 15.4 Å². The van der Waals surface area contributed by atoms with Crippen LogP contribution in [0.25, 0.3) is 10.9 Å². The molecule has 0 fully saturated rings. The summed E-state index contributed by atoms with van der Waals surface area (Å²) in [5.41, 5.74) is 6.98. The number of rotatable bonds is 3. The summed E-state index contributed by atoms with van der Waals surface area (Å²) < 4.78 is 20.1. The molecule has 3 N–H and O–H groups in total. The zero-order valence-corrected chi connectivity index (χ0v) is 15.7. The largest absolute Gasteiger partial charge is 0.386 e. The quantitative estimate of drug-likeness (QED) is 0.717. The van der Waals surface area contributed by atoms with Crippen molar-refractivity contribution in [2.24, 2.45) is 10.7 Å². The number of hydrogen-bond donors (Lipinski definition) is 2. The molecule has 0 saturated carbocycles. The molecule has 1 atom stereocenters. The van der Waals surface area contributed by atoms with Crippen LogP contribution in [0.5, 0.6) is 0 Å². The van der Waals surface area contributed by atoms with Crippen LogP contribution in [0.2, 0.25) is 5.02 Å². The number of nitrogens with zero attached hydrogens (tertiary/aromatic N) is 3. The maximum absolute atomic E-state index is 14.6. The lowest BCUT2D eigenvalue weighted by Gasteiger charge is -2.31. The highest BCUT2D eigenvalue weighted by Gasteiger charge is 2.33. The van der Waals surface area contributed by atoms with Crippen molar-refractivity contribution in [2.45, 2.75) is 12.5 Å². The molecule has 0 amide bonds. The fraction of sp³-hybridized carbons (Fsp3) is 0.263. The molecule has 0 aliphatic carbocycles. The van der Waals surface area contributed by atoms with Crippen molar-refractivity contribution in [2.75, 3.05) is 25.2 Å². The Kier molecular flexibility index (Phi) is 4.28. The number of aromatic amines is 1. The lowest BCUT2D eigenvalue weighted by Crippen LogP contribution is -2.38. The number of amidine groups is 1. The number of fused-ring (bicyclic) bond motifs is 1. The van der Waals surface area contributed by atoms with Crippen LogP contribution in [0, 0.1) is 5.82 Å². The summed E-state index contributed by atoms with van der Waals surface area (Å²) in [5.74, 6) is 0.722. The Hall–Kier alpha value is -2.64. The molecular weight excluding hydrogens is 369 g/mol. The Labute approximate surface area is 160 Å². The molecule has 0 spiro atoms. The maximum atomic E-state index is 14.6. The number of ether oxygens (including phenoxy) is 1. The highest BCUT2D eigenvalue weighted by Crippen LogP contribution is 2.35. The first-order chi connectivity index (χ1) is 12.9. The van der Waals surface area contributed by atoms with Gasteiger partial charge in [-0.05, 0) is 43.3 Å². The van der Waals surface area contributed by atoms with E-state index in [1.165, 1.54) is 6.07 Å². The van der Waals surface area contributed by atoms with E-state index in [1.807, 2.05) is 37.1 Å². The van der Waals surface area contributed by atoms with Crippen LogP contribution in [-0.2, 0) is 10.3 Å².